The molecule has 2 heterocycles. The third-order valence-corrected chi connectivity index (χ3v) is 4.58. The number of hydrogen-bond donors (Lipinski definition) is 3. The number of morpholine rings is 1. The van der Waals surface area contributed by atoms with Gasteiger partial charge in [-0.1, -0.05) is 12.1 Å². The van der Waals surface area contributed by atoms with Crippen molar-refractivity contribution >= 4 is 5.91 Å². The van der Waals surface area contributed by atoms with Gasteiger partial charge in [-0.15, -0.1) is 0 Å². The van der Waals surface area contributed by atoms with E-state index in [4.69, 9.17) is 4.74 Å². The molecule has 0 saturated carbocycles. The van der Waals surface area contributed by atoms with Gasteiger partial charge in [0.2, 0.25) is 5.75 Å². The van der Waals surface area contributed by atoms with Crippen LogP contribution in [0.2, 0.25) is 0 Å². The Kier molecular flexibility index (Phi) is 6.91. The normalized spacial score (nSPS) is 15.8. The molecule has 156 valence electrons. The summed E-state index contributed by atoms with van der Waals surface area (Å²) in [4.78, 5) is 30.4. The Morgan fingerprint density at radius 2 is 1.93 bits per heavy atom. The number of carbonyl (C=O) groups excluding carboxylic acids is 1. The van der Waals surface area contributed by atoms with Crippen LogP contribution < -0.4 is 10.9 Å². The first kappa shape index (κ1) is 20.9. The minimum absolute atomic E-state index is 0.0613. The van der Waals surface area contributed by atoms with Gasteiger partial charge in [-0.3, -0.25) is 19.1 Å². The molecule has 9 nitrogen and oxygen atoms in total. The zero-order valence-electron chi connectivity index (χ0n) is 15.8. The first-order valence-corrected chi connectivity index (χ1v) is 9.23. The fourth-order valence-corrected chi connectivity index (χ4v) is 3.01. The summed E-state index contributed by atoms with van der Waals surface area (Å²) < 4.78 is 19.2. The molecule has 0 aliphatic carbocycles. The second kappa shape index (κ2) is 9.59. The van der Waals surface area contributed by atoms with Gasteiger partial charge in [-0.05, 0) is 17.7 Å². The number of rotatable bonds is 7. The smallest absolute Gasteiger partial charge is 0.296 e. The quantitative estimate of drug-likeness (QED) is 0.579. The van der Waals surface area contributed by atoms with Crippen LogP contribution in [0.4, 0.5) is 4.39 Å². The van der Waals surface area contributed by atoms with E-state index in [0.717, 1.165) is 10.9 Å². The number of nitrogens with one attached hydrogen (secondary N) is 1. The minimum Gasteiger partial charge on any atom is -0.501 e. The summed E-state index contributed by atoms with van der Waals surface area (Å²) in [5, 5.41) is 22.8. The van der Waals surface area contributed by atoms with Gasteiger partial charge in [0.15, 0.2) is 5.69 Å². The second-order valence-corrected chi connectivity index (χ2v) is 6.78. The van der Waals surface area contributed by atoms with Crippen molar-refractivity contribution in [2.24, 2.45) is 0 Å². The Hall–Kier alpha value is -2.82. The van der Waals surface area contributed by atoms with E-state index in [9.17, 15) is 24.2 Å². The molecule has 1 unspecified atom stereocenters. The molecule has 0 bridgehead atoms. The largest absolute Gasteiger partial charge is 0.501 e. The van der Waals surface area contributed by atoms with Crippen molar-refractivity contribution in [3.8, 4) is 5.75 Å². The molecule has 1 amide bonds. The van der Waals surface area contributed by atoms with Crippen LogP contribution in [0.15, 0.2) is 35.4 Å². The summed E-state index contributed by atoms with van der Waals surface area (Å²) in [7, 11) is 0. The highest BCUT2D eigenvalue weighted by molar-refractivity contribution is 5.94. The van der Waals surface area contributed by atoms with Gasteiger partial charge in [0.05, 0.1) is 32.2 Å². The number of aromatic hydroxyl groups is 1. The van der Waals surface area contributed by atoms with Crippen molar-refractivity contribution in [2.45, 2.75) is 19.2 Å². The van der Waals surface area contributed by atoms with Crippen LogP contribution in [0.3, 0.4) is 0 Å². The van der Waals surface area contributed by atoms with Gasteiger partial charge >= 0.3 is 0 Å². The molecule has 1 fully saturated rings. The number of aliphatic hydroxyl groups is 1. The maximum Gasteiger partial charge on any atom is 0.296 e. The molecule has 1 saturated heterocycles. The van der Waals surface area contributed by atoms with Gasteiger partial charge in [0, 0.05) is 26.2 Å². The zero-order chi connectivity index (χ0) is 20.8. The molecule has 1 aliphatic rings. The van der Waals surface area contributed by atoms with E-state index in [1.165, 1.54) is 24.3 Å². The lowest BCUT2D eigenvalue weighted by molar-refractivity contribution is 0.0112. The minimum atomic E-state index is -0.842. The molecule has 2 aromatic rings. The van der Waals surface area contributed by atoms with E-state index in [2.05, 4.69) is 10.3 Å². The fourth-order valence-electron chi connectivity index (χ4n) is 3.01. The highest BCUT2D eigenvalue weighted by atomic mass is 19.1. The molecule has 0 radical (unpaired) electrons. The van der Waals surface area contributed by atoms with E-state index in [1.54, 1.807) is 0 Å². The molecular formula is C19H23FN4O5. The maximum atomic E-state index is 12.9. The number of β-amino-alcohol motifs (C(OH)–C–C–N with tert-alkyl or cyclic N) is 1. The van der Waals surface area contributed by atoms with Crippen molar-refractivity contribution in [1.29, 1.82) is 0 Å². The van der Waals surface area contributed by atoms with Crippen LogP contribution in [0.5, 0.6) is 5.75 Å². The van der Waals surface area contributed by atoms with Crippen molar-refractivity contribution in [3.05, 3.63) is 58.0 Å². The highest BCUT2D eigenvalue weighted by Gasteiger charge is 2.20. The summed E-state index contributed by atoms with van der Waals surface area (Å²) in [5.41, 5.74) is -0.567. The van der Waals surface area contributed by atoms with Crippen LogP contribution in [0, 0.1) is 5.82 Å². The van der Waals surface area contributed by atoms with E-state index in [1.807, 2.05) is 4.90 Å². The van der Waals surface area contributed by atoms with E-state index >= 15 is 0 Å². The molecule has 29 heavy (non-hydrogen) atoms. The molecule has 10 heteroatoms. The first-order valence-electron chi connectivity index (χ1n) is 9.23. The van der Waals surface area contributed by atoms with Crippen LogP contribution in [-0.2, 0) is 17.8 Å². The van der Waals surface area contributed by atoms with Gasteiger partial charge < -0.3 is 20.3 Å². The Labute approximate surface area is 166 Å². The highest BCUT2D eigenvalue weighted by Crippen LogP contribution is 2.09. The predicted molar refractivity (Wildman–Crippen MR) is 101 cm³/mol. The van der Waals surface area contributed by atoms with Crippen LogP contribution in [0.1, 0.15) is 16.1 Å². The molecule has 1 atom stereocenters. The number of benzene rings is 1. The monoisotopic (exact) mass is 406 g/mol. The van der Waals surface area contributed by atoms with Crippen molar-refractivity contribution in [1.82, 2.24) is 19.8 Å². The van der Waals surface area contributed by atoms with E-state index in [0.29, 0.717) is 38.4 Å². The standard InChI is InChI=1S/C19H23FN4O5/c20-14-3-1-13(2-4-14)9-21-18(27)16-17(26)19(28)24(12-22-16)11-15(25)10-23-5-7-29-8-6-23/h1-4,12,15,25-26H,5-11H2,(H,21,27). The number of aliphatic hydroxyl groups excluding tert-OH is 1. The summed E-state index contributed by atoms with van der Waals surface area (Å²) in [5.74, 6) is -1.91. The lowest BCUT2D eigenvalue weighted by Gasteiger charge is -2.28. The summed E-state index contributed by atoms with van der Waals surface area (Å²) in [6, 6.07) is 5.55. The molecule has 3 rings (SSSR count). The number of hydrogen-bond acceptors (Lipinski definition) is 7. The van der Waals surface area contributed by atoms with Crippen molar-refractivity contribution in [2.75, 3.05) is 32.8 Å². The number of carbonyl (C=O) groups is 1. The molecule has 1 aromatic carbocycles. The average molecular weight is 406 g/mol. The molecular weight excluding hydrogens is 383 g/mol. The number of nitrogens with zero attached hydrogens (tertiary/aromatic N) is 3. The topological polar surface area (TPSA) is 117 Å². The number of halogens is 1. The molecule has 1 aromatic heterocycles. The number of aromatic nitrogens is 2. The summed E-state index contributed by atoms with van der Waals surface area (Å²) in [6.07, 6.45) is 0.280. The molecule has 3 N–H and O–H groups in total. The van der Waals surface area contributed by atoms with E-state index < -0.39 is 29.0 Å². The lowest BCUT2D eigenvalue weighted by atomic mass is 10.2. The predicted octanol–water partition coefficient (Wildman–Crippen LogP) is -0.289. The summed E-state index contributed by atoms with van der Waals surface area (Å²) >= 11 is 0. The zero-order valence-corrected chi connectivity index (χ0v) is 15.8. The SMILES string of the molecule is O=C(NCc1ccc(F)cc1)c1ncn(CC(O)CN2CCOCC2)c(=O)c1O. The van der Waals surface area contributed by atoms with Gasteiger partial charge in [0.1, 0.15) is 5.82 Å². The Morgan fingerprint density at radius 1 is 1.24 bits per heavy atom. The maximum absolute atomic E-state index is 12.9. The third kappa shape index (κ3) is 5.59. The summed E-state index contributed by atoms with van der Waals surface area (Å²) in [6.45, 7) is 2.96. The lowest BCUT2D eigenvalue weighted by Crippen LogP contribution is -2.42. The van der Waals surface area contributed by atoms with Gasteiger partial charge in [0.25, 0.3) is 11.5 Å². The van der Waals surface area contributed by atoms with Crippen molar-refractivity contribution in [3.63, 3.8) is 0 Å². The molecule has 1 aliphatic heterocycles. The van der Waals surface area contributed by atoms with Crippen molar-refractivity contribution < 1.29 is 24.1 Å². The fraction of sp³-hybridized carbons (Fsp3) is 0.421. The Balaban J connectivity index is 1.61. The first-order chi connectivity index (χ1) is 13.9. The number of amides is 1. The van der Waals surface area contributed by atoms with Gasteiger partial charge in [-0.25, -0.2) is 9.37 Å². The van der Waals surface area contributed by atoms with E-state index in [-0.39, 0.29) is 18.9 Å². The average Bonchev–Trinajstić information content (AvgIpc) is 2.71. The second-order valence-electron chi connectivity index (χ2n) is 6.78. The Bertz CT molecular complexity index is 896. The van der Waals surface area contributed by atoms with Gasteiger partial charge in [-0.2, -0.15) is 0 Å². The third-order valence-electron chi connectivity index (χ3n) is 4.58. The number of ether oxygens (including phenoxy) is 1. The van der Waals surface area contributed by atoms with Crippen LogP contribution in [-0.4, -0.2) is 69.5 Å². The van der Waals surface area contributed by atoms with Crippen LogP contribution >= 0.6 is 0 Å². The Morgan fingerprint density at radius 3 is 2.62 bits per heavy atom. The molecule has 0 spiro atoms. The van der Waals surface area contributed by atoms with Crippen LogP contribution in [0.25, 0.3) is 0 Å².